The Morgan fingerprint density at radius 1 is 1.26 bits per heavy atom. The second-order valence-electron chi connectivity index (χ2n) is 4.57. The van der Waals surface area contributed by atoms with Gasteiger partial charge in [-0.2, -0.15) is 0 Å². The van der Waals surface area contributed by atoms with Gasteiger partial charge in [-0.25, -0.2) is 5.48 Å². The van der Waals surface area contributed by atoms with Gasteiger partial charge in [-0.15, -0.1) is 0 Å². The van der Waals surface area contributed by atoms with Gasteiger partial charge in [0.15, 0.2) is 0 Å². The number of hydrogen-bond donors (Lipinski definition) is 5. The molecule has 120 valence electrons. The monoisotopic (exact) mass is 315 g/mol. The normalized spacial score (nSPS) is 11.8. The van der Waals surface area contributed by atoms with Gasteiger partial charge in [0.1, 0.15) is 12.6 Å². The summed E-state index contributed by atoms with van der Waals surface area (Å²) in [6, 6.07) is 4.58. The molecule has 0 saturated heterocycles. The predicted molar refractivity (Wildman–Crippen MR) is 83.0 cm³/mol. The van der Waals surface area contributed by atoms with Crippen molar-refractivity contribution in [3.05, 3.63) is 35.4 Å². The fourth-order valence-electron chi connectivity index (χ4n) is 1.62. The van der Waals surface area contributed by atoms with E-state index in [0.717, 1.165) is 0 Å². The first kappa shape index (κ1) is 18.2. The van der Waals surface area contributed by atoms with Gasteiger partial charge in [0.05, 0.1) is 0 Å². The van der Waals surface area contributed by atoms with Crippen molar-refractivity contribution in [2.24, 2.45) is 5.73 Å². The maximum absolute atomic E-state index is 12.1. The number of benzene rings is 1. The molecule has 2 atom stereocenters. The van der Waals surface area contributed by atoms with Crippen LogP contribution in [0.2, 0.25) is 0 Å². The molecule has 23 heavy (non-hydrogen) atoms. The molecular weight excluding hydrogens is 298 g/mol. The largest absolute Gasteiger partial charge is 0.384 e. The molecule has 7 nitrogen and oxygen atoms in total. The molecule has 1 aromatic carbocycles. The van der Waals surface area contributed by atoms with Crippen LogP contribution < -0.4 is 16.5 Å². The Labute approximate surface area is 133 Å². The topological polar surface area (TPSA) is 125 Å². The van der Waals surface area contributed by atoms with Crippen LogP contribution in [0.4, 0.5) is 0 Å². The molecule has 0 unspecified atom stereocenters. The molecule has 0 fully saturated rings. The van der Waals surface area contributed by atoms with Crippen LogP contribution in [-0.4, -0.2) is 40.8 Å². The van der Waals surface area contributed by atoms with Crippen molar-refractivity contribution in [3.8, 4) is 23.7 Å². The van der Waals surface area contributed by atoms with Gasteiger partial charge in [-0.05, 0) is 43.0 Å². The lowest BCUT2D eigenvalue weighted by Gasteiger charge is -2.19. The van der Waals surface area contributed by atoms with Crippen molar-refractivity contribution in [2.45, 2.75) is 19.0 Å². The second-order valence-corrected chi connectivity index (χ2v) is 4.57. The zero-order chi connectivity index (χ0) is 17.2. The van der Waals surface area contributed by atoms with Gasteiger partial charge < -0.3 is 16.2 Å². The molecule has 0 aliphatic heterocycles. The number of hydroxylamine groups is 1. The number of amides is 2. The van der Waals surface area contributed by atoms with E-state index >= 15 is 0 Å². The van der Waals surface area contributed by atoms with Crippen LogP contribution in [0.1, 0.15) is 22.8 Å². The Morgan fingerprint density at radius 2 is 1.91 bits per heavy atom. The average molecular weight is 315 g/mol. The third-order valence-electron chi connectivity index (χ3n) is 2.79. The molecule has 0 aliphatic carbocycles. The summed E-state index contributed by atoms with van der Waals surface area (Å²) in [5, 5.41) is 19.6. The van der Waals surface area contributed by atoms with Gasteiger partial charge in [0.2, 0.25) is 0 Å². The van der Waals surface area contributed by atoms with E-state index in [-0.39, 0.29) is 6.61 Å². The molecule has 0 spiro atoms. The summed E-state index contributed by atoms with van der Waals surface area (Å²) in [7, 11) is 0. The Kier molecular flexibility index (Phi) is 7.31. The van der Waals surface area contributed by atoms with Crippen LogP contribution in [0.3, 0.4) is 0 Å². The van der Waals surface area contributed by atoms with E-state index in [1.807, 2.05) is 0 Å². The fraction of sp³-hybridized carbons (Fsp3) is 0.250. The van der Waals surface area contributed by atoms with Crippen LogP contribution in [0.25, 0.3) is 0 Å². The zero-order valence-electron chi connectivity index (χ0n) is 12.5. The van der Waals surface area contributed by atoms with Crippen LogP contribution in [0, 0.1) is 23.7 Å². The third-order valence-corrected chi connectivity index (χ3v) is 2.79. The van der Waals surface area contributed by atoms with Crippen molar-refractivity contribution in [1.29, 1.82) is 0 Å². The zero-order valence-corrected chi connectivity index (χ0v) is 12.5. The first-order chi connectivity index (χ1) is 11.0. The van der Waals surface area contributed by atoms with E-state index in [1.165, 1.54) is 24.5 Å². The fourth-order valence-corrected chi connectivity index (χ4v) is 1.62. The Morgan fingerprint density at radius 3 is 2.43 bits per heavy atom. The number of hydrogen-bond acceptors (Lipinski definition) is 5. The van der Waals surface area contributed by atoms with Crippen molar-refractivity contribution >= 4 is 11.8 Å². The molecule has 6 N–H and O–H groups in total. The molecule has 0 aromatic heterocycles. The molecular formula is C16H17N3O4. The molecule has 0 heterocycles. The van der Waals surface area contributed by atoms with E-state index < -0.39 is 23.9 Å². The SMILES string of the molecule is C[C@@H](N)[C@H](NC(=O)c1ccc(C#CC#CCO)cc1)C(=O)NO. The highest BCUT2D eigenvalue weighted by Crippen LogP contribution is 2.04. The molecule has 0 bridgehead atoms. The highest BCUT2D eigenvalue weighted by atomic mass is 16.5. The minimum absolute atomic E-state index is 0.254. The highest BCUT2D eigenvalue weighted by molar-refractivity contribution is 5.97. The van der Waals surface area contributed by atoms with E-state index in [9.17, 15) is 9.59 Å². The molecule has 0 saturated carbocycles. The highest BCUT2D eigenvalue weighted by Gasteiger charge is 2.24. The molecule has 1 aromatic rings. The summed E-state index contributed by atoms with van der Waals surface area (Å²) >= 11 is 0. The maximum Gasteiger partial charge on any atom is 0.267 e. The predicted octanol–water partition coefficient (Wildman–Crippen LogP) is -1.02. The van der Waals surface area contributed by atoms with Crippen LogP contribution in [-0.2, 0) is 4.79 Å². The minimum atomic E-state index is -1.05. The van der Waals surface area contributed by atoms with Crippen molar-refractivity contribution in [3.63, 3.8) is 0 Å². The van der Waals surface area contributed by atoms with Crippen LogP contribution in [0.5, 0.6) is 0 Å². The lowest BCUT2D eigenvalue weighted by molar-refractivity contribution is -0.131. The van der Waals surface area contributed by atoms with Gasteiger partial charge >= 0.3 is 0 Å². The Hall–Kier alpha value is -2.84. The summed E-state index contributed by atoms with van der Waals surface area (Å²) in [5.41, 5.74) is 8.03. The van der Waals surface area contributed by atoms with E-state index in [1.54, 1.807) is 12.1 Å². The van der Waals surface area contributed by atoms with E-state index in [2.05, 4.69) is 29.0 Å². The van der Waals surface area contributed by atoms with Gasteiger partial charge in [0.25, 0.3) is 11.8 Å². The summed E-state index contributed by atoms with van der Waals surface area (Å²) in [6.07, 6.45) is 0. The second kappa shape index (κ2) is 9.23. The smallest absolute Gasteiger partial charge is 0.267 e. The van der Waals surface area contributed by atoms with Crippen molar-refractivity contribution < 1.29 is 19.9 Å². The molecule has 7 heteroatoms. The summed E-state index contributed by atoms with van der Waals surface area (Å²) in [4.78, 5) is 23.5. The minimum Gasteiger partial charge on any atom is -0.384 e. The lowest BCUT2D eigenvalue weighted by atomic mass is 10.1. The number of nitrogens with one attached hydrogen (secondary N) is 2. The quantitative estimate of drug-likeness (QED) is 0.276. The van der Waals surface area contributed by atoms with Crippen molar-refractivity contribution in [1.82, 2.24) is 10.8 Å². The first-order valence-corrected chi connectivity index (χ1v) is 6.69. The number of carbonyl (C=O) groups is 2. The van der Waals surface area contributed by atoms with Crippen LogP contribution in [0.15, 0.2) is 24.3 Å². The molecule has 1 rings (SSSR count). The summed E-state index contributed by atoms with van der Waals surface area (Å²) < 4.78 is 0. The van der Waals surface area contributed by atoms with Gasteiger partial charge in [0, 0.05) is 17.2 Å². The lowest BCUT2D eigenvalue weighted by Crippen LogP contribution is -2.54. The van der Waals surface area contributed by atoms with E-state index in [0.29, 0.717) is 11.1 Å². The molecule has 0 aliphatic rings. The third kappa shape index (κ3) is 5.81. The number of rotatable bonds is 4. The number of nitrogens with two attached hydrogens (primary N) is 1. The molecule has 2 amide bonds. The Balaban J connectivity index is 2.80. The van der Waals surface area contributed by atoms with Gasteiger partial charge in [-0.1, -0.05) is 11.8 Å². The van der Waals surface area contributed by atoms with Gasteiger partial charge in [-0.3, -0.25) is 14.8 Å². The van der Waals surface area contributed by atoms with E-state index in [4.69, 9.17) is 16.0 Å². The standard InChI is InChI=1S/C16H17N3O4/c1-11(17)14(16(22)19-23)18-15(21)13-8-6-12(7-9-13)5-3-2-4-10-20/h6-9,11,14,20,23H,10,17H2,1H3,(H,18,21)(H,19,22)/t11-,14+/m1/s1. The summed E-state index contributed by atoms with van der Waals surface area (Å²) in [6.45, 7) is 1.28. The number of aliphatic hydroxyl groups excluding tert-OH is 1. The summed E-state index contributed by atoms with van der Waals surface area (Å²) in [5.74, 6) is 8.85. The number of aliphatic hydroxyl groups is 1. The molecule has 0 radical (unpaired) electrons. The van der Waals surface area contributed by atoms with Crippen LogP contribution >= 0.6 is 0 Å². The van der Waals surface area contributed by atoms with Crippen molar-refractivity contribution in [2.75, 3.05) is 6.61 Å². The average Bonchev–Trinajstić information content (AvgIpc) is 2.56. The number of carbonyl (C=O) groups excluding carboxylic acids is 2. The Bertz CT molecular complexity index is 675. The first-order valence-electron chi connectivity index (χ1n) is 6.69. The maximum atomic E-state index is 12.1.